The number of primary sulfonamides is 1. The van der Waals surface area contributed by atoms with Crippen LogP contribution in [0.15, 0.2) is 52.0 Å². The molecule has 2 aromatic rings. The van der Waals surface area contributed by atoms with E-state index in [1.807, 2.05) is 19.1 Å². The van der Waals surface area contributed by atoms with Gasteiger partial charge in [-0.05, 0) is 42.8 Å². The van der Waals surface area contributed by atoms with Gasteiger partial charge in [-0.3, -0.25) is 4.79 Å². The molecule has 0 saturated carbocycles. The summed E-state index contributed by atoms with van der Waals surface area (Å²) >= 11 is 1.49. The third-order valence-corrected chi connectivity index (χ3v) is 5.45. The summed E-state index contributed by atoms with van der Waals surface area (Å²) in [7, 11) is -3.73. The molecule has 0 radical (unpaired) electrons. The number of hydrogen-bond acceptors (Lipinski definition) is 5. The van der Waals surface area contributed by atoms with Crippen LogP contribution in [0.4, 0.5) is 5.69 Å². The lowest BCUT2D eigenvalue weighted by Crippen LogP contribution is -2.24. The molecule has 1 unspecified atom stereocenters. The fourth-order valence-electron chi connectivity index (χ4n) is 1.91. The Morgan fingerprint density at radius 1 is 1.30 bits per heavy atom. The van der Waals surface area contributed by atoms with Crippen molar-refractivity contribution in [3.8, 4) is 0 Å². The summed E-state index contributed by atoms with van der Waals surface area (Å²) in [4.78, 5) is 12.3. The summed E-state index contributed by atoms with van der Waals surface area (Å²) < 4.78 is 27.6. The zero-order valence-electron chi connectivity index (χ0n) is 12.6. The molecule has 1 atom stereocenters. The van der Waals surface area contributed by atoms with Crippen LogP contribution in [0.25, 0.3) is 0 Å². The van der Waals surface area contributed by atoms with Crippen molar-refractivity contribution in [3.63, 3.8) is 0 Å². The molecule has 0 aliphatic heterocycles. The molecule has 0 fully saturated rings. The van der Waals surface area contributed by atoms with Crippen LogP contribution in [0.5, 0.6) is 0 Å². The Labute approximate surface area is 139 Å². The molecule has 2 rings (SSSR count). The number of nitrogens with two attached hydrogens (primary N) is 1. The number of furan rings is 1. The Hall–Kier alpha value is -1.77. The number of amides is 1. The largest absolute Gasteiger partial charge is 0.468 e. The van der Waals surface area contributed by atoms with Crippen LogP contribution in [-0.2, 0) is 20.6 Å². The first-order valence-corrected chi connectivity index (χ1v) is 9.57. The lowest BCUT2D eigenvalue weighted by molar-refractivity contribution is -0.115. The summed E-state index contributed by atoms with van der Waals surface area (Å²) in [6.07, 6.45) is 2.27. The minimum absolute atomic E-state index is 0.00901. The van der Waals surface area contributed by atoms with E-state index in [-0.39, 0.29) is 16.1 Å². The topological polar surface area (TPSA) is 102 Å². The van der Waals surface area contributed by atoms with Crippen LogP contribution in [0, 0.1) is 0 Å². The molecule has 0 saturated heterocycles. The molecule has 124 valence electrons. The summed E-state index contributed by atoms with van der Waals surface area (Å²) in [5.41, 5.74) is 0.527. The van der Waals surface area contributed by atoms with E-state index < -0.39 is 10.0 Å². The maximum absolute atomic E-state index is 12.3. The predicted molar refractivity (Wildman–Crippen MR) is 90.5 cm³/mol. The lowest BCUT2D eigenvalue weighted by Gasteiger charge is -2.14. The molecule has 1 aromatic carbocycles. The van der Waals surface area contributed by atoms with E-state index in [1.54, 1.807) is 6.26 Å². The van der Waals surface area contributed by atoms with E-state index in [4.69, 9.17) is 9.56 Å². The normalized spacial score (nSPS) is 12.8. The number of carbonyl (C=O) groups is 1. The highest BCUT2D eigenvalue weighted by Crippen LogP contribution is 2.22. The van der Waals surface area contributed by atoms with Crippen LogP contribution >= 0.6 is 11.8 Å². The predicted octanol–water partition coefficient (Wildman–Crippen LogP) is 2.58. The van der Waals surface area contributed by atoms with Gasteiger partial charge in [0.2, 0.25) is 15.9 Å². The van der Waals surface area contributed by atoms with Gasteiger partial charge >= 0.3 is 0 Å². The van der Waals surface area contributed by atoms with Crippen molar-refractivity contribution in [1.82, 2.24) is 0 Å². The Morgan fingerprint density at radius 3 is 2.52 bits per heavy atom. The standard InChI is InChI=1S/C15H18N2O4S2/c1-2-14(22-10-12-4-3-9-21-12)15(18)17-11-5-7-13(8-6-11)23(16,19)20/h3-9,14H,2,10H2,1H3,(H,17,18)(H2,16,19,20). The molecule has 3 N–H and O–H groups in total. The van der Waals surface area contributed by atoms with Gasteiger partial charge < -0.3 is 9.73 Å². The Balaban J connectivity index is 1.96. The van der Waals surface area contributed by atoms with Gasteiger partial charge in [0.25, 0.3) is 0 Å². The molecule has 23 heavy (non-hydrogen) atoms. The van der Waals surface area contributed by atoms with E-state index in [0.29, 0.717) is 17.9 Å². The van der Waals surface area contributed by atoms with Crippen molar-refractivity contribution in [3.05, 3.63) is 48.4 Å². The SMILES string of the molecule is CCC(SCc1ccco1)C(=O)Nc1ccc(S(N)(=O)=O)cc1. The van der Waals surface area contributed by atoms with Gasteiger partial charge in [0.15, 0.2) is 0 Å². The molecule has 8 heteroatoms. The minimum Gasteiger partial charge on any atom is -0.468 e. The van der Waals surface area contributed by atoms with Gasteiger partial charge in [-0.2, -0.15) is 0 Å². The van der Waals surface area contributed by atoms with Gasteiger partial charge in [0.05, 0.1) is 22.2 Å². The zero-order chi connectivity index (χ0) is 16.9. The number of anilines is 1. The fraction of sp³-hybridized carbons (Fsp3) is 0.267. The highest BCUT2D eigenvalue weighted by Gasteiger charge is 2.18. The number of hydrogen-bond donors (Lipinski definition) is 2. The number of carbonyl (C=O) groups excluding carboxylic acids is 1. The highest BCUT2D eigenvalue weighted by atomic mass is 32.2. The second kappa shape index (κ2) is 7.67. The van der Waals surface area contributed by atoms with Crippen molar-refractivity contribution in [2.75, 3.05) is 5.32 Å². The Morgan fingerprint density at radius 2 is 2.00 bits per heavy atom. The number of rotatable bonds is 7. The molecule has 0 aliphatic carbocycles. The van der Waals surface area contributed by atoms with E-state index >= 15 is 0 Å². The molecule has 0 aliphatic rings. The molecule has 0 spiro atoms. The van der Waals surface area contributed by atoms with Gasteiger partial charge in [0.1, 0.15) is 5.76 Å². The van der Waals surface area contributed by atoms with Gasteiger partial charge in [-0.1, -0.05) is 6.92 Å². The van der Waals surface area contributed by atoms with Crippen LogP contribution in [0.2, 0.25) is 0 Å². The number of benzene rings is 1. The van der Waals surface area contributed by atoms with Crippen molar-refractivity contribution >= 4 is 33.4 Å². The summed E-state index contributed by atoms with van der Waals surface area (Å²) in [5.74, 6) is 1.30. The average molecular weight is 354 g/mol. The third kappa shape index (κ3) is 5.12. The summed E-state index contributed by atoms with van der Waals surface area (Å²) in [5, 5.41) is 7.59. The van der Waals surface area contributed by atoms with Crippen LogP contribution < -0.4 is 10.5 Å². The van der Waals surface area contributed by atoms with Gasteiger partial charge in [-0.15, -0.1) is 11.8 Å². The maximum atomic E-state index is 12.3. The second-order valence-electron chi connectivity index (χ2n) is 4.85. The Bertz CT molecular complexity index is 740. The van der Waals surface area contributed by atoms with Crippen molar-refractivity contribution in [2.45, 2.75) is 29.2 Å². The highest BCUT2D eigenvalue weighted by molar-refractivity contribution is 7.99. The first kappa shape index (κ1) is 17.6. The first-order chi connectivity index (χ1) is 10.9. The van der Waals surface area contributed by atoms with E-state index in [1.165, 1.54) is 36.0 Å². The van der Waals surface area contributed by atoms with E-state index in [2.05, 4.69) is 5.32 Å². The van der Waals surface area contributed by atoms with Crippen molar-refractivity contribution in [2.24, 2.45) is 5.14 Å². The molecule has 0 bridgehead atoms. The van der Waals surface area contributed by atoms with Gasteiger partial charge in [0, 0.05) is 5.69 Å². The monoisotopic (exact) mass is 354 g/mol. The minimum atomic E-state index is -3.73. The number of nitrogens with one attached hydrogen (secondary N) is 1. The quantitative estimate of drug-likeness (QED) is 0.795. The molecular formula is C15H18N2O4S2. The van der Waals surface area contributed by atoms with Crippen LogP contribution in [-0.4, -0.2) is 19.6 Å². The van der Waals surface area contributed by atoms with Gasteiger partial charge in [-0.25, -0.2) is 13.6 Å². The van der Waals surface area contributed by atoms with E-state index in [9.17, 15) is 13.2 Å². The molecule has 1 amide bonds. The molecule has 1 aromatic heterocycles. The second-order valence-corrected chi connectivity index (χ2v) is 7.60. The van der Waals surface area contributed by atoms with Crippen molar-refractivity contribution < 1.29 is 17.6 Å². The maximum Gasteiger partial charge on any atom is 0.238 e. The smallest absolute Gasteiger partial charge is 0.238 e. The first-order valence-electron chi connectivity index (χ1n) is 6.98. The van der Waals surface area contributed by atoms with Crippen LogP contribution in [0.1, 0.15) is 19.1 Å². The van der Waals surface area contributed by atoms with Crippen LogP contribution in [0.3, 0.4) is 0 Å². The number of thioether (sulfide) groups is 1. The number of sulfonamides is 1. The zero-order valence-corrected chi connectivity index (χ0v) is 14.2. The van der Waals surface area contributed by atoms with E-state index in [0.717, 1.165) is 5.76 Å². The molecular weight excluding hydrogens is 336 g/mol. The van der Waals surface area contributed by atoms with Crippen molar-refractivity contribution in [1.29, 1.82) is 0 Å². The molecule has 6 nitrogen and oxygen atoms in total. The Kier molecular flexibility index (Phi) is 5.86. The summed E-state index contributed by atoms with van der Waals surface area (Å²) in [6.45, 7) is 1.93. The fourth-order valence-corrected chi connectivity index (χ4v) is 3.40. The average Bonchev–Trinajstić information content (AvgIpc) is 3.01. The molecule has 1 heterocycles. The lowest BCUT2D eigenvalue weighted by atomic mass is 10.3. The third-order valence-electron chi connectivity index (χ3n) is 3.12. The summed E-state index contributed by atoms with van der Waals surface area (Å²) in [6, 6.07) is 9.43.